The van der Waals surface area contributed by atoms with Gasteiger partial charge in [-0.3, -0.25) is 4.79 Å². The van der Waals surface area contributed by atoms with Gasteiger partial charge in [-0.1, -0.05) is 18.2 Å². The minimum Gasteiger partial charge on any atom is -0.464 e. The zero-order valence-electron chi connectivity index (χ0n) is 10.2. The molecule has 0 unspecified atom stereocenters. The first-order valence-corrected chi connectivity index (χ1v) is 5.59. The number of hydrogen-bond acceptors (Lipinski definition) is 3. The number of esters is 1. The van der Waals surface area contributed by atoms with E-state index in [4.69, 9.17) is 4.74 Å². The molecule has 0 saturated heterocycles. The first kappa shape index (κ1) is 12.6. The topological polar surface area (TPSA) is 29.5 Å². The summed E-state index contributed by atoms with van der Waals surface area (Å²) in [5, 5.41) is 0. The van der Waals surface area contributed by atoms with E-state index in [1.807, 2.05) is 12.1 Å². The summed E-state index contributed by atoms with van der Waals surface area (Å²) in [7, 11) is 0. The van der Waals surface area contributed by atoms with Gasteiger partial charge in [0, 0.05) is 19.2 Å². The van der Waals surface area contributed by atoms with Gasteiger partial charge in [0.05, 0.1) is 6.54 Å². The Bertz CT molecular complexity index is 350. The van der Waals surface area contributed by atoms with Crippen LogP contribution in [0.5, 0.6) is 0 Å². The lowest BCUT2D eigenvalue weighted by molar-refractivity contribution is -0.140. The zero-order valence-corrected chi connectivity index (χ0v) is 10.2. The molecular weight excluding hydrogens is 202 g/mol. The lowest BCUT2D eigenvalue weighted by Gasteiger charge is -2.24. The highest BCUT2D eigenvalue weighted by molar-refractivity contribution is 5.66. The number of anilines is 1. The molecule has 0 radical (unpaired) electrons. The Morgan fingerprint density at radius 1 is 1.38 bits per heavy atom. The van der Waals surface area contributed by atoms with E-state index < -0.39 is 0 Å². The zero-order chi connectivity index (χ0) is 12.0. The number of aryl methyl sites for hydroxylation is 1. The molecule has 0 heterocycles. The fraction of sp³-hybridized carbons (Fsp3) is 0.462. The van der Waals surface area contributed by atoms with Gasteiger partial charge < -0.3 is 9.64 Å². The highest BCUT2D eigenvalue weighted by atomic mass is 16.5. The Kier molecular flexibility index (Phi) is 4.83. The van der Waals surface area contributed by atoms with Crippen molar-refractivity contribution < 1.29 is 9.53 Å². The van der Waals surface area contributed by atoms with Crippen LogP contribution in [0.2, 0.25) is 0 Å². The lowest BCUT2D eigenvalue weighted by Crippen LogP contribution is -2.28. The number of ether oxygens (including phenoxy) is 1. The molecule has 3 nitrogen and oxygen atoms in total. The quantitative estimate of drug-likeness (QED) is 0.715. The van der Waals surface area contributed by atoms with Gasteiger partial charge in [-0.05, 0) is 25.5 Å². The Morgan fingerprint density at radius 3 is 2.62 bits per heavy atom. The summed E-state index contributed by atoms with van der Waals surface area (Å²) in [6.07, 6.45) is 0. The second-order valence-corrected chi connectivity index (χ2v) is 3.71. The van der Waals surface area contributed by atoms with Crippen molar-refractivity contribution in [2.75, 3.05) is 24.6 Å². The van der Waals surface area contributed by atoms with Crippen LogP contribution >= 0.6 is 0 Å². The molecule has 0 N–H and O–H groups in total. The van der Waals surface area contributed by atoms with E-state index in [0.29, 0.717) is 6.61 Å². The van der Waals surface area contributed by atoms with Gasteiger partial charge in [-0.25, -0.2) is 0 Å². The molecule has 0 aliphatic rings. The molecule has 1 aromatic rings. The standard InChI is InChI=1S/C13H19NO2/c1-4-14(9-10-16-12(3)15)13-8-6-5-7-11(13)2/h5-8H,4,9-10H2,1-3H3. The summed E-state index contributed by atoms with van der Waals surface area (Å²) in [5.74, 6) is -0.221. The van der Waals surface area contributed by atoms with E-state index >= 15 is 0 Å². The first-order valence-electron chi connectivity index (χ1n) is 5.59. The highest BCUT2D eigenvalue weighted by Crippen LogP contribution is 2.18. The van der Waals surface area contributed by atoms with Gasteiger partial charge in [0.1, 0.15) is 6.61 Å². The van der Waals surface area contributed by atoms with Crippen molar-refractivity contribution >= 4 is 11.7 Å². The van der Waals surface area contributed by atoms with E-state index in [1.54, 1.807) is 0 Å². The average Bonchev–Trinajstić information content (AvgIpc) is 2.25. The summed E-state index contributed by atoms with van der Waals surface area (Å²) in [6, 6.07) is 8.23. The van der Waals surface area contributed by atoms with Gasteiger partial charge in [0.25, 0.3) is 0 Å². The number of rotatable bonds is 5. The van der Waals surface area contributed by atoms with Crippen molar-refractivity contribution in [2.24, 2.45) is 0 Å². The molecule has 88 valence electrons. The summed E-state index contributed by atoms with van der Waals surface area (Å²) in [5.41, 5.74) is 2.45. The minimum absolute atomic E-state index is 0.221. The number of hydrogen-bond donors (Lipinski definition) is 0. The first-order chi connectivity index (χ1) is 7.65. The monoisotopic (exact) mass is 221 g/mol. The van der Waals surface area contributed by atoms with E-state index in [-0.39, 0.29) is 5.97 Å². The maximum absolute atomic E-state index is 10.7. The predicted molar refractivity (Wildman–Crippen MR) is 65.7 cm³/mol. The Balaban J connectivity index is 2.60. The normalized spacial score (nSPS) is 9.94. The van der Waals surface area contributed by atoms with Crippen LogP contribution in [0.25, 0.3) is 0 Å². The van der Waals surface area contributed by atoms with Crippen LogP contribution in [0.3, 0.4) is 0 Å². The van der Waals surface area contributed by atoms with Crippen LogP contribution < -0.4 is 4.90 Å². The third-order valence-electron chi connectivity index (χ3n) is 2.50. The molecule has 0 aliphatic heterocycles. The molecule has 3 heteroatoms. The Morgan fingerprint density at radius 2 is 2.06 bits per heavy atom. The highest BCUT2D eigenvalue weighted by Gasteiger charge is 2.06. The molecule has 16 heavy (non-hydrogen) atoms. The van der Waals surface area contributed by atoms with Gasteiger partial charge in [0.15, 0.2) is 0 Å². The van der Waals surface area contributed by atoms with Crippen LogP contribution in [0.15, 0.2) is 24.3 Å². The maximum atomic E-state index is 10.7. The van der Waals surface area contributed by atoms with Gasteiger partial charge in [-0.15, -0.1) is 0 Å². The molecule has 0 atom stereocenters. The SMILES string of the molecule is CCN(CCOC(C)=O)c1ccccc1C. The van der Waals surface area contributed by atoms with Crippen LogP contribution in [-0.2, 0) is 9.53 Å². The van der Waals surface area contributed by atoms with Crippen LogP contribution in [0.4, 0.5) is 5.69 Å². The van der Waals surface area contributed by atoms with E-state index in [2.05, 4.69) is 30.9 Å². The number of para-hydroxylation sites is 1. The van der Waals surface area contributed by atoms with Crippen molar-refractivity contribution in [3.8, 4) is 0 Å². The van der Waals surface area contributed by atoms with Crippen LogP contribution in [0.1, 0.15) is 19.4 Å². The smallest absolute Gasteiger partial charge is 0.302 e. The molecule has 0 fully saturated rings. The van der Waals surface area contributed by atoms with E-state index in [9.17, 15) is 4.79 Å². The van der Waals surface area contributed by atoms with Gasteiger partial charge in [-0.2, -0.15) is 0 Å². The molecule has 0 bridgehead atoms. The van der Waals surface area contributed by atoms with E-state index in [1.165, 1.54) is 18.2 Å². The molecule has 0 amide bonds. The molecule has 1 aromatic carbocycles. The molecular formula is C13H19NO2. The van der Waals surface area contributed by atoms with E-state index in [0.717, 1.165) is 13.1 Å². The second kappa shape index (κ2) is 6.16. The molecule has 0 spiro atoms. The second-order valence-electron chi connectivity index (χ2n) is 3.71. The molecule has 1 rings (SSSR count). The average molecular weight is 221 g/mol. The molecule has 0 aliphatic carbocycles. The van der Waals surface area contributed by atoms with Crippen molar-refractivity contribution in [2.45, 2.75) is 20.8 Å². The Labute approximate surface area is 97.0 Å². The van der Waals surface area contributed by atoms with Crippen molar-refractivity contribution in [3.05, 3.63) is 29.8 Å². The summed E-state index contributed by atoms with van der Waals surface area (Å²) in [4.78, 5) is 12.9. The van der Waals surface area contributed by atoms with Crippen molar-refractivity contribution in [1.29, 1.82) is 0 Å². The van der Waals surface area contributed by atoms with Crippen LogP contribution in [0, 0.1) is 6.92 Å². The maximum Gasteiger partial charge on any atom is 0.302 e. The fourth-order valence-electron chi connectivity index (χ4n) is 1.67. The van der Waals surface area contributed by atoms with Gasteiger partial charge >= 0.3 is 5.97 Å². The number of likely N-dealkylation sites (N-methyl/N-ethyl adjacent to an activating group) is 1. The third-order valence-corrected chi connectivity index (χ3v) is 2.50. The summed E-state index contributed by atoms with van der Waals surface area (Å²) < 4.78 is 4.95. The largest absolute Gasteiger partial charge is 0.464 e. The fourth-order valence-corrected chi connectivity index (χ4v) is 1.67. The predicted octanol–water partition coefficient (Wildman–Crippen LogP) is 2.38. The number of nitrogens with zero attached hydrogens (tertiary/aromatic N) is 1. The minimum atomic E-state index is -0.221. The molecule has 0 aromatic heterocycles. The van der Waals surface area contributed by atoms with Gasteiger partial charge in [0.2, 0.25) is 0 Å². The third kappa shape index (κ3) is 3.57. The number of carbonyl (C=O) groups excluding carboxylic acids is 1. The van der Waals surface area contributed by atoms with Crippen LogP contribution in [-0.4, -0.2) is 25.7 Å². The lowest BCUT2D eigenvalue weighted by atomic mass is 10.2. The summed E-state index contributed by atoms with van der Waals surface area (Å²) >= 11 is 0. The summed E-state index contributed by atoms with van der Waals surface area (Å²) in [6.45, 7) is 7.71. The number of carbonyl (C=O) groups is 1. The van der Waals surface area contributed by atoms with Crippen molar-refractivity contribution in [3.63, 3.8) is 0 Å². The number of benzene rings is 1. The molecule has 0 saturated carbocycles. The Hall–Kier alpha value is -1.51. The van der Waals surface area contributed by atoms with Crippen molar-refractivity contribution in [1.82, 2.24) is 0 Å².